The van der Waals surface area contributed by atoms with E-state index >= 15 is 0 Å². The second-order valence-corrected chi connectivity index (χ2v) is 4.06. The summed E-state index contributed by atoms with van der Waals surface area (Å²) in [5, 5.41) is 21.1. The maximum absolute atomic E-state index is 13.7. The summed E-state index contributed by atoms with van der Waals surface area (Å²) in [7, 11) is 0. The molecule has 2 rings (SSSR count). The van der Waals surface area contributed by atoms with Crippen LogP contribution in [0.2, 0.25) is 0 Å². The molecule has 101 valence electrons. The van der Waals surface area contributed by atoms with Crippen molar-refractivity contribution in [2.75, 3.05) is 13.2 Å². The number of imide groups is 1. The molecule has 7 nitrogen and oxygen atoms in total. The summed E-state index contributed by atoms with van der Waals surface area (Å²) in [4.78, 5) is 22.8. The summed E-state index contributed by atoms with van der Waals surface area (Å²) in [6, 6.07) is -1.12. The third-order valence-corrected chi connectivity index (χ3v) is 2.88. The zero-order valence-corrected chi connectivity index (χ0v) is 9.12. The SMILES string of the molecule is O=C1CC[15N]([C@@H]2O[C@H](CO)[C@@H](O)C2(F)F)[13C](=O)[15N]1. The fourth-order valence-electron chi connectivity index (χ4n) is 1.90. The topological polar surface area (TPSA) is 101 Å². The lowest BCUT2D eigenvalue weighted by Gasteiger charge is -2.32. The molecule has 0 aromatic rings. The van der Waals surface area contributed by atoms with Gasteiger partial charge in [0.05, 0.1) is 6.61 Å². The van der Waals surface area contributed by atoms with E-state index in [9.17, 15) is 23.5 Å². The number of nitrogens with zero attached hydrogens (tertiary/aromatic N) is 2. The summed E-state index contributed by atoms with van der Waals surface area (Å²) < 4.78 is 32.1. The van der Waals surface area contributed by atoms with Crippen LogP contribution in [0, 0.1) is 0 Å². The normalized spacial score (nSPS) is 35.8. The van der Waals surface area contributed by atoms with Crippen LogP contribution in [0.15, 0.2) is 0 Å². The van der Waals surface area contributed by atoms with Gasteiger partial charge in [-0.05, 0) is 0 Å². The highest BCUT2D eigenvalue weighted by atomic mass is 19.3. The number of amides is 3. The maximum atomic E-state index is 13.7. The van der Waals surface area contributed by atoms with E-state index in [4.69, 9.17) is 9.84 Å². The van der Waals surface area contributed by atoms with Gasteiger partial charge in [0.25, 0.3) is 5.91 Å². The standard InChI is InChI=1S/C9H11F2N2O5/c10-9(11)6(16)4(3-14)18-7(9)13-2-1-5(15)12-8(13)17/h4,6-7,14,16H,1-3H2/t4-,6-,7-/m1/s1/i8+1,12+1,13+1. The maximum Gasteiger partial charge on any atom is 0.348 e. The minimum atomic E-state index is -3.72. The fourth-order valence-corrected chi connectivity index (χ4v) is 1.90. The molecule has 18 heavy (non-hydrogen) atoms. The minimum Gasteiger partial charge on any atom is -0.394 e. The predicted octanol–water partition coefficient (Wildman–Crippen LogP) is -1.34. The quantitative estimate of drug-likeness (QED) is 0.476. The number of alkyl halides is 2. The molecule has 2 saturated heterocycles. The average Bonchev–Trinajstić information content (AvgIpc) is 2.52. The Morgan fingerprint density at radius 2 is 2.17 bits per heavy atom. The van der Waals surface area contributed by atoms with Crippen molar-refractivity contribution in [2.24, 2.45) is 0 Å². The van der Waals surface area contributed by atoms with E-state index in [1.54, 1.807) is 0 Å². The molecule has 0 aromatic heterocycles. The van der Waals surface area contributed by atoms with Crippen LogP contribution in [0.5, 0.6) is 0 Å². The van der Waals surface area contributed by atoms with Gasteiger partial charge < -0.3 is 14.9 Å². The first kappa shape index (κ1) is 13.1. The largest absolute Gasteiger partial charge is 0.394 e. The predicted molar refractivity (Wildman–Crippen MR) is 50.6 cm³/mol. The molecule has 3 atom stereocenters. The monoisotopic (exact) mass is 268 g/mol. The van der Waals surface area contributed by atoms with Crippen molar-refractivity contribution in [1.82, 2.24) is 10.2 Å². The van der Waals surface area contributed by atoms with E-state index in [1.165, 1.54) is 0 Å². The summed E-state index contributed by atoms with van der Waals surface area (Å²) in [6.45, 7) is -1.06. The van der Waals surface area contributed by atoms with Gasteiger partial charge in [-0.2, -0.15) is 14.1 Å². The highest BCUT2D eigenvalue weighted by molar-refractivity contribution is 5.96. The number of aliphatic hydroxyl groups is 2. The molecule has 0 aliphatic carbocycles. The summed E-state index contributed by atoms with van der Waals surface area (Å²) in [5.74, 6) is -4.41. The number of rotatable bonds is 2. The first-order chi connectivity index (χ1) is 8.37. The van der Waals surface area contributed by atoms with E-state index in [0.717, 1.165) is 0 Å². The highest BCUT2D eigenvalue weighted by Gasteiger charge is 2.61. The molecular formula is C9H11F2N2O5. The van der Waals surface area contributed by atoms with Crippen LogP contribution < -0.4 is 5.32 Å². The van der Waals surface area contributed by atoms with Crippen molar-refractivity contribution in [3.63, 3.8) is 0 Å². The Labute approximate surface area is 100 Å². The van der Waals surface area contributed by atoms with Gasteiger partial charge in [-0.25, -0.2) is 4.79 Å². The molecule has 1 radical (unpaired) electrons. The van der Waals surface area contributed by atoms with E-state index in [0.29, 0.717) is 4.90 Å². The Balaban J connectivity index is 2.18. The first-order valence-corrected chi connectivity index (χ1v) is 5.25. The smallest absolute Gasteiger partial charge is 0.348 e. The number of hydrogen-bond acceptors (Lipinski definition) is 5. The Morgan fingerprint density at radius 1 is 1.50 bits per heavy atom. The van der Waals surface area contributed by atoms with Gasteiger partial charge in [-0.3, -0.25) is 9.69 Å². The van der Waals surface area contributed by atoms with Crippen LogP contribution in [0.1, 0.15) is 6.42 Å². The molecule has 2 heterocycles. The Hall–Kier alpha value is -1.32. The molecule has 0 unspecified atom stereocenters. The van der Waals surface area contributed by atoms with Gasteiger partial charge in [0.2, 0.25) is 6.23 Å². The zero-order valence-electron chi connectivity index (χ0n) is 9.12. The molecule has 3 amide bonds. The minimum absolute atomic E-state index is 0.179. The van der Waals surface area contributed by atoms with E-state index in [1.807, 2.05) is 0 Å². The molecule has 0 spiro atoms. The average molecular weight is 268 g/mol. The fraction of sp³-hybridized carbons (Fsp3) is 0.778. The molecule has 2 fully saturated rings. The van der Waals surface area contributed by atoms with Crippen molar-refractivity contribution in [1.29, 1.82) is 0 Å². The molecule has 2 N–H and O–H groups in total. The van der Waals surface area contributed by atoms with Gasteiger partial charge in [0.1, 0.15) is 6.10 Å². The lowest BCUT2D eigenvalue weighted by atomic mass is 10.1. The highest BCUT2D eigenvalue weighted by Crippen LogP contribution is 2.38. The van der Waals surface area contributed by atoms with Gasteiger partial charge in [0, 0.05) is 13.0 Å². The third-order valence-electron chi connectivity index (χ3n) is 2.88. The van der Waals surface area contributed by atoms with Crippen LogP contribution in [-0.2, 0) is 9.53 Å². The van der Waals surface area contributed by atoms with Crippen LogP contribution in [-0.4, -0.2) is 64.6 Å². The number of hydrogen-bond donors (Lipinski definition) is 2. The van der Waals surface area contributed by atoms with Crippen LogP contribution in [0.3, 0.4) is 0 Å². The van der Waals surface area contributed by atoms with Crippen molar-refractivity contribution in [3.05, 3.63) is 0 Å². The Morgan fingerprint density at radius 3 is 2.67 bits per heavy atom. The number of aliphatic hydroxyl groups excluding tert-OH is 2. The molecule has 0 aromatic carbocycles. The number of halogens is 2. The molecule has 2 aliphatic rings. The molecule has 0 saturated carbocycles. The zero-order chi connectivity index (χ0) is 13.5. The van der Waals surface area contributed by atoms with Crippen LogP contribution in [0.25, 0.3) is 0 Å². The summed E-state index contributed by atoms with van der Waals surface area (Å²) >= 11 is 0. The molecule has 9 heteroatoms. The first-order valence-electron chi connectivity index (χ1n) is 5.25. The van der Waals surface area contributed by atoms with Crippen molar-refractivity contribution in [3.8, 4) is 0 Å². The van der Waals surface area contributed by atoms with Crippen LogP contribution >= 0.6 is 0 Å². The van der Waals surface area contributed by atoms with Gasteiger partial charge in [-0.15, -0.1) is 0 Å². The summed E-state index contributed by atoms with van der Waals surface area (Å²) in [5.41, 5.74) is 0. The van der Waals surface area contributed by atoms with Gasteiger partial charge in [0.15, 0.2) is 6.10 Å². The number of carbonyl (C=O) groups excluding carboxylic acids is 2. The van der Waals surface area contributed by atoms with E-state index in [-0.39, 0.29) is 13.0 Å². The van der Waals surface area contributed by atoms with Gasteiger partial charge in [-0.1, -0.05) is 0 Å². The molecule has 2 aliphatic heterocycles. The third kappa shape index (κ3) is 1.93. The number of urea groups is 1. The van der Waals surface area contributed by atoms with Gasteiger partial charge >= 0.3 is 12.0 Å². The Bertz CT molecular complexity index is 378. The molecular weight excluding hydrogens is 257 g/mol. The second-order valence-electron chi connectivity index (χ2n) is 4.06. The molecule has 0 bridgehead atoms. The number of carbonyl (C=O) groups is 2. The van der Waals surface area contributed by atoms with Crippen molar-refractivity contribution < 1.29 is 33.3 Å². The second kappa shape index (κ2) is 4.41. The Kier molecular flexibility index (Phi) is 3.21. The lowest BCUT2D eigenvalue weighted by Crippen LogP contribution is -2.56. The van der Waals surface area contributed by atoms with Crippen molar-refractivity contribution >= 4 is 11.9 Å². The van der Waals surface area contributed by atoms with E-state index < -0.39 is 42.9 Å². The number of ether oxygens (including phenoxy) is 1. The van der Waals surface area contributed by atoms with E-state index in [2.05, 4.69) is 5.32 Å². The van der Waals surface area contributed by atoms with Crippen LogP contribution in [0.4, 0.5) is 13.6 Å². The lowest BCUT2D eigenvalue weighted by molar-refractivity contribution is -0.158. The summed E-state index contributed by atoms with van der Waals surface area (Å²) in [6.07, 6.45) is -5.89. The van der Waals surface area contributed by atoms with Crippen molar-refractivity contribution in [2.45, 2.75) is 30.8 Å².